The van der Waals surface area contributed by atoms with Crippen LogP contribution in [0.5, 0.6) is 0 Å². The Balaban J connectivity index is 2.58. The van der Waals surface area contributed by atoms with Crippen molar-refractivity contribution in [1.29, 1.82) is 0 Å². The minimum Gasteiger partial charge on any atom is -0.338 e. The van der Waals surface area contributed by atoms with Crippen molar-refractivity contribution in [2.24, 2.45) is 0 Å². The Bertz CT molecular complexity index is 380. The van der Waals surface area contributed by atoms with Gasteiger partial charge in [0.15, 0.2) is 0 Å². The van der Waals surface area contributed by atoms with Gasteiger partial charge in [-0.15, -0.1) is 0 Å². The average molecular weight is 319 g/mol. The first kappa shape index (κ1) is 18.6. The Kier molecular flexibility index (Phi) is 7.55. The molecule has 0 spiro atoms. The van der Waals surface area contributed by atoms with Crippen LogP contribution in [-0.2, 0) is 4.79 Å². The Hall–Kier alpha value is -1.40. The maximum atomic E-state index is 12.5. The molecule has 1 N–H and O–H groups in total. The summed E-state index contributed by atoms with van der Waals surface area (Å²) in [5, 5.41) is 2.55. The maximum Gasteiger partial charge on any atom is 0.318 e. The normalized spacial score (nSPS) is 19.9. The van der Waals surface area contributed by atoms with Crippen molar-refractivity contribution in [3.8, 4) is 0 Å². The molecule has 128 valence electrons. The molecule has 0 aromatic rings. The van der Waals surface area contributed by atoms with Crippen molar-refractivity contribution in [2.45, 2.75) is 65.0 Å². The molecular weight excluding hydrogens is 292 g/mol. The fraction of sp³-hybridized carbons (Fsp3) is 0.867. The number of amides is 3. The zero-order chi connectivity index (χ0) is 16.7. The van der Waals surface area contributed by atoms with Gasteiger partial charge in [0, 0.05) is 19.1 Å². The van der Waals surface area contributed by atoms with E-state index < -0.39 is 25.0 Å². The van der Waals surface area contributed by atoms with E-state index in [9.17, 15) is 18.4 Å². The van der Waals surface area contributed by atoms with Crippen LogP contribution in [-0.4, -0.2) is 59.9 Å². The van der Waals surface area contributed by atoms with Crippen LogP contribution in [0.4, 0.5) is 13.6 Å². The van der Waals surface area contributed by atoms with Gasteiger partial charge in [-0.3, -0.25) is 4.79 Å². The van der Waals surface area contributed by atoms with Crippen LogP contribution in [0.25, 0.3) is 0 Å². The summed E-state index contributed by atoms with van der Waals surface area (Å²) in [5.41, 5.74) is 0. The largest absolute Gasteiger partial charge is 0.338 e. The number of halogens is 2. The lowest BCUT2D eigenvalue weighted by Crippen LogP contribution is -2.54. The van der Waals surface area contributed by atoms with E-state index in [0.717, 1.165) is 24.2 Å². The molecule has 22 heavy (non-hydrogen) atoms. The number of nitrogens with one attached hydrogen (secondary N) is 1. The second kappa shape index (κ2) is 8.90. The van der Waals surface area contributed by atoms with E-state index >= 15 is 0 Å². The molecule has 5 nitrogen and oxygen atoms in total. The lowest BCUT2D eigenvalue weighted by molar-refractivity contribution is -0.136. The zero-order valence-electron chi connectivity index (χ0n) is 13.6. The smallest absolute Gasteiger partial charge is 0.318 e. The van der Waals surface area contributed by atoms with Gasteiger partial charge in [-0.05, 0) is 39.5 Å². The van der Waals surface area contributed by atoms with Gasteiger partial charge in [0.25, 0.3) is 6.43 Å². The van der Waals surface area contributed by atoms with Crippen LogP contribution >= 0.6 is 0 Å². The van der Waals surface area contributed by atoms with Gasteiger partial charge >= 0.3 is 6.03 Å². The molecule has 0 aromatic heterocycles. The number of likely N-dealkylation sites (tertiary alicyclic amines) is 1. The number of carbonyl (C=O) groups is 2. The molecule has 1 aliphatic heterocycles. The number of urea groups is 1. The monoisotopic (exact) mass is 319 g/mol. The molecule has 1 rings (SSSR count). The summed E-state index contributed by atoms with van der Waals surface area (Å²) in [4.78, 5) is 27.3. The minimum absolute atomic E-state index is 0.144. The lowest BCUT2D eigenvalue weighted by atomic mass is 10.0. The zero-order valence-corrected chi connectivity index (χ0v) is 13.6. The number of carbonyl (C=O) groups excluding carboxylic acids is 2. The van der Waals surface area contributed by atoms with Crippen molar-refractivity contribution in [2.75, 3.05) is 19.6 Å². The third-order valence-electron chi connectivity index (χ3n) is 3.94. The molecular formula is C15H27F2N3O2. The van der Waals surface area contributed by atoms with Gasteiger partial charge in [0.05, 0.1) is 6.54 Å². The number of rotatable bonds is 6. The van der Waals surface area contributed by atoms with Crippen LogP contribution in [0.15, 0.2) is 0 Å². The summed E-state index contributed by atoms with van der Waals surface area (Å²) in [5.74, 6) is -0.144. The van der Waals surface area contributed by atoms with Gasteiger partial charge < -0.3 is 15.1 Å². The fourth-order valence-electron chi connectivity index (χ4n) is 2.72. The van der Waals surface area contributed by atoms with Crippen LogP contribution < -0.4 is 5.32 Å². The first-order valence-corrected chi connectivity index (χ1v) is 8.00. The second-order valence-corrected chi connectivity index (χ2v) is 5.88. The van der Waals surface area contributed by atoms with E-state index in [1.54, 1.807) is 11.8 Å². The fourth-order valence-corrected chi connectivity index (χ4v) is 2.72. The number of piperidine rings is 1. The Morgan fingerprint density at radius 2 is 2.05 bits per heavy atom. The SMILES string of the molecule is CCCN(CC(F)F)C(=O)N[C@@H](C)C(=O)N1CCCC[C@@H]1C. The Morgan fingerprint density at radius 3 is 2.59 bits per heavy atom. The van der Waals surface area contributed by atoms with Crippen LogP contribution in [0.1, 0.15) is 46.5 Å². The van der Waals surface area contributed by atoms with Gasteiger partial charge in [-0.2, -0.15) is 0 Å². The number of alkyl halides is 2. The molecule has 0 aromatic carbocycles. The first-order chi connectivity index (χ1) is 10.4. The third kappa shape index (κ3) is 5.42. The van der Waals surface area contributed by atoms with Crippen LogP contribution in [0.3, 0.4) is 0 Å². The molecule has 0 unspecified atom stereocenters. The molecule has 1 saturated heterocycles. The van der Waals surface area contributed by atoms with Crippen molar-refractivity contribution >= 4 is 11.9 Å². The Morgan fingerprint density at radius 1 is 1.36 bits per heavy atom. The van der Waals surface area contributed by atoms with E-state index in [1.807, 2.05) is 13.8 Å². The van der Waals surface area contributed by atoms with Crippen molar-refractivity contribution in [1.82, 2.24) is 15.1 Å². The van der Waals surface area contributed by atoms with Gasteiger partial charge in [0.2, 0.25) is 5.91 Å². The van der Waals surface area contributed by atoms with Crippen LogP contribution in [0.2, 0.25) is 0 Å². The van der Waals surface area contributed by atoms with Gasteiger partial charge in [-0.25, -0.2) is 13.6 Å². The molecule has 0 radical (unpaired) electrons. The molecule has 1 fully saturated rings. The summed E-state index contributed by atoms with van der Waals surface area (Å²) < 4.78 is 25.0. The van der Waals surface area contributed by atoms with Gasteiger partial charge in [0.1, 0.15) is 6.04 Å². The predicted molar refractivity (Wildman–Crippen MR) is 80.9 cm³/mol. The van der Waals surface area contributed by atoms with E-state index in [-0.39, 0.29) is 18.5 Å². The summed E-state index contributed by atoms with van der Waals surface area (Å²) in [6.45, 7) is 5.74. The summed E-state index contributed by atoms with van der Waals surface area (Å²) >= 11 is 0. The molecule has 0 saturated carbocycles. The molecule has 1 heterocycles. The third-order valence-corrected chi connectivity index (χ3v) is 3.94. The molecule has 0 aliphatic carbocycles. The maximum absolute atomic E-state index is 12.5. The number of hydrogen-bond donors (Lipinski definition) is 1. The Labute approximate surface area is 131 Å². The lowest BCUT2D eigenvalue weighted by Gasteiger charge is -2.35. The standard InChI is InChI=1S/C15H27F2N3O2/c1-4-8-19(10-13(16)17)15(22)18-12(3)14(21)20-9-6-5-7-11(20)2/h11-13H,4-10H2,1-3H3,(H,18,22)/t11-,12-/m0/s1. The van der Waals surface area contributed by atoms with E-state index in [4.69, 9.17) is 0 Å². The highest BCUT2D eigenvalue weighted by molar-refractivity contribution is 5.87. The highest BCUT2D eigenvalue weighted by atomic mass is 19.3. The minimum atomic E-state index is -2.58. The molecule has 2 atom stereocenters. The van der Waals surface area contributed by atoms with E-state index in [1.165, 1.54) is 0 Å². The van der Waals surface area contributed by atoms with Crippen molar-refractivity contribution < 1.29 is 18.4 Å². The predicted octanol–water partition coefficient (Wildman–Crippen LogP) is 2.46. The molecule has 3 amide bonds. The summed E-state index contributed by atoms with van der Waals surface area (Å²) in [6.07, 6.45) is 1.03. The quantitative estimate of drug-likeness (QED) is 0.817. The van der Waals surface area contributed by atoms with Crippen LogP contribution in [0, 0.1) is 0 Å². The topological polar surface area (TPSA) is 52.7 Å². The summed E-state index contributed by atoms with van der Waals surface area (Å²) in [6, 6.07) is -1.15. The first-order valence-electron chi connectivity index (χ1n) is 8.00. The van der Waals surface area contributed by atoms with E-state index in [0.29, 0.717) is 13.0 Å². The van der Waals surface area contributed by atoms with Gasteiger partial charge in [-0.1, -0.05) is 6.92 Å². The molecule has 7 heteroatoms. The van der Waals surface area contributed by atoms with Crippen molar-refractivity contribution in [3.63, 3.8) is 0 Å². The molecule has 1 aliphatic rings. The highest BCUT2D eigenvalue weighted by Crippen LogP contribution is 2.17. The average Bonchev–Trinajstić information content (AvgIpc) is 2.46. The van der Waals surface area contributed by atoms with E-state index in [2.05, 4.69) is 5.32 Å². The summed E-state index contributed by atoms with van der Waals surface area (Å²) in [7, 11) is 0. The number of nitrogens with zero attached hydrogens (tertiary/aromatic N) is 2. The number of hydrogen-bond acceptors (Lipinski definition) is 2. The highest BCUT2D eigenvalue weighted by Gasteiger charge is 2.29. The van der Waals surface area contributed by atoms with Crippen molar-refractivity contribution in [3.05, 3.63) is 0 Å². The second-order valence-electron chi connectivity index (χ2n) is 5.88. The molecule has 0 bridgehead atoms.